The normalized spacial score (nSPS) is 14.7. The highest BCUT2D eigenvalue weighted by atomic mass is 79.9. The molecule has 8 heteroatoms. The minimum Gasteiger partial charge on any atom is -0.482 e. The molecule has 0 spiro atoms. The van der Waals surface area contributed by atoms with E-state index in [4.69, 9.17) is 4.74 Å². The zero-order valence-corrected chi connectivity index (χ0v) is 13.5. The molecule has 0 fully saturated rings. The van der Waals surface area contributed by atoms with Crippen LogP contribution < -0.4 is 10.1 Å². The Morgan fingerprint density at radius 3 is 2.60 bits per heavy atom. The molecule has 0 radical (unpaired) electrons. The number of amides is 1. The Morgan fingerprint density at radius 1 is 1.35 bits per heavy atom. The third-order valence-electron chi connectivity index (χ3n) is 2.99. The average molecular weight is 363 g/mol. The lowest BCUT2D eigenvalue weighted by molar-refractivity contribution is -0.118. The molecule has 0 aromatic heterocycles. The van der Waals surface area contributed by atoms with Crippen molar-refractivity contribution in [2.75, 3.05) is 25.0 Å². The maximum Gasteiger partial charge on any atom is 0.262 e. The van der Waals surface area contributed by atoms with E-state index in [9.17, 15) is 13.2 Å². The van der Waals surface area contributed by atoms with Crippen LogP contribution in [0, 0.1) is 0 Å². The Morgan fingerprint density at radius 2 is 2.00 bits per heavy atom. The Balaban J connectivity index is 2.51. The van der Waals surface area contributed by atoms with Crippen molar-refractivity contribution in [1.82, 2.24) is 4.31 Å². The molecule has 20 heavy (non-hydrogen) atoms. The molecule has 0 aliphatic carbocycles. The molecule has 0 unspecified atom stereocenters. The first-order chi connectivity index (χ1) is 9.40. The van der Waals surface area contributed by atoms with Gasteiger partial charge in [0, 0.05) is 23.6 Å². The zero-order chi connectivity index (χ0) is 14.9. The highest BCUT2D eigenvalue weighted by Gasteiger charge is 2.27. The molecule has 1 aliphatic heterocycles. The van der Waals surface area contributed by atoms with Crippen LogP contribution in [0.5, 0.6) is 5.75 Å². The Kier molecular flexibility index (Phi) is 4.36. The molecule has 0 saturated heterocycles. The van der Waals surface area contributed by atoms with E-state index < -0.39 is 10.0 Å². The number of hydrogen-bond acceptors (Lipinski definition) is 4. The predicted octanol–water partition coefficient (Wildman–Crippen LogP) is 1.81. The number of halogens is 1. The van der Waals surface area contributed by atoms with Gasteiger partial charge in [0.1, 0.15) is 10.6 Å². The first kappa shape index (κ1) is 15.3. The van der Waals surface area contributed by atoms with E-state index in [-0.39, 0.29) is 17.4 Å². The van der Waals surface area contributed by atoms with Crippen LogP contribution in [0.1, 0.15) is 13.8 Å². The Bertz CT molecular complexity index is 641. The lowest BCUT2D eigenvalue weighted by atomic mass is 10.2. The molecular formula is C12H15BrN2O4S. The van der Waals surface area contributed by atoms with E-state index >= 15 is 0 Å². The van der Waals surface area contributed by atoms with E-state index in [1.165, 1.54) is 10.4 Å². The number of nitrogens with zero attached hydrogens (tertiary/aromatic N) is 1. The molecule has 1 heterocycles. The van der Waals surface area contributed by atoms with Gasteiger partial charge in [0.25, 0.3) is 5.91 Å². The maximum atomic E-state index is 12.5. The van der Waals surface area contributed by atoms with Crippen molar-refractivity contribution in [1.29, 1.82) is 0 Å². The van der Waals surface area contributed by atoms with Gasteiger partial charge in [-0.3, -0.25) is 4.79 Å². The predicted molar refractivity (Wildman–Crippen MR) is 78.4 cm³/mol. The molecule has 6 nitrogen and oxygen atoms in total. The summed E-state index contributed by atoms with van der Waals surface area (Å²) >= 11 is 3.25. The van der Waals surface area contributed by atoms with Gasteiger partial charge < -0.3 is 10.1 Å². The van der Waals surface area contributed by atoms with Gasteiger partial charge in [-0.15, -0.1) is 0 Å². The van der Waals surface area contributed by atoms with Gasteiger partial charge >= 0.3 is 0 Å². The summed E-state index contributed by atoms with van der Waals surface area (Å²) in [4.78, 5) is 11.4. The molecule has 1 aromatic rings. The summed E-state index contributed by atoms with van der Waals surface area (Å²) in [6, 6.07) is 2.98. The van der Waals surface area contributed by atoms with E-state index in [0.717, 1.165) is 0 Å². The first-order valence-electron chi connectivity index (χ1n) is 6.16. The summed E-state index contributed by atoms with van der Waals surface area (Å²) in [5.41, 5.74) is 0.464. The number of rotatable bonds is 4. The van der Waals surface area contributed by atoms with Gasteiger partial charge in [-0.2, -0.15) is 4.31 Å². The van der Waals surface area contributed by atoms with Crippen LogP contribution in [0.3, 0.4) is 0 Å². The molecule has 1 amide bonds. The average Bonchev–Trinajstić information content (AvgIpc) is 2.38. The van der Waals surface area contributed by atoms with Crippen molar-refractivity contribution in [3.05, 3.63) is 16.6 Å². The summed E-state index contributed by atoms with van der Waals surface area (Å²) in [7, 11) is -3.59. The number of carbonyl (C=O) groups is 1. The number of benzene rings is 1. The molecule has 1 aromatic carbocycles. The highest BCUT2D eigenvalue weighted by molar-refractivity contribution is 9.10. The SMILES string of the molecule is CCN(CC)S(=O)(=O)c1cc2c(cc1Br)NC(=O)CO2. The van der Waals surface area contributed by atoms with Crippen molar-refractivity contribution in [3.63, 3.8) is 0 Å². The van der Waals surface area contributed by atoms with Crippen LogP contribution in [-0.4, -0.2) is 38.3 Å². The summed E-state index contributed by atoms with van der Waals surface area (Å²) in [5, 5.41) is 2.63. The van der Waals surface area contributed by atoms with Crippen LogP contribution in [-0.2, 0) is 14.8 Å². The molecule has 0 atom stereocenters. The number of sulfonamides is 1. The minimum absolute atomic E-state index is 0.112. The van der Waals surface area contributed by atoms with Crippen molar-refractivity contribution in [2.24, 2.45) is 0 Å². The van der Waals surface area contributed by atoms with Gasteiger partial charge in [-0.05, 0) is 22.0 Å². The molecular weight excluding hydrogens is 348 g/mol. The quantitative estimate of drug-likeness (QED) is 0.885. The summed E-state index contributed by atoms with van der Waals surface area (Å²) < 4.78 is 32.1. The van der Waals surface area contributed by atoms with Crippen molar-refractivity contribution >= 4 is 37.5 Å². The van der Waals surface area contributed by atoms with E-state index in [2.05, 4.69) is 21.2 Å². The molecule has 1 aliphatic rings. The van der Waals surface area contributed by atoms with Crippen LogP contribution in [0.4, 0.5) is 5.69 Å². The van der Waals surface area contributed by atoms with Gasteiger partial charge in [0.15, 0.2) is 6.61 Å². The second-order valence-electron chi connectivity index (χ2n) is 4.20. The third-order valence-corrected chi connectivity index (χ3v) is 6.00. The van der Waals surface area contributed by atoms with E-state index in [1.54, 1.807) is 19.9 Å². The van der Waals surface area contributed by atoms with Crippen molar-refractivity contribution in [2.45, 2.75) is 18.7 Å². The Hall–Kier alpha value is -1.12. The second kappa shape index (κ2) is 5.71. The topological polar surface area (TPSA) is 75.7 Å². The largest absolute Gasteiger partial charge is 0.482 e. The monoisotopic (exact) mass is 362 g/mol. The second-order valence-corrected chi connectivity index (χ2v) is 6.97. The molecule has 0 saturated carbocycles. The number of anilines is 1. The lowest BCUT2D eigenvalue weighted by Crippen LogP contribution is -2.31. The highest BCUT2D eigenvalue weighted by Crippen LogP contribution is 2.36. The van der Waals surface area contributed by atoms with Crippen LogP contribution in [0.25, 0.3) is 0 Å². The third kappa shape index (κ3) is 2.68. The fourth-order valence-corrected chi connectivity index (χ4v) is 4.46. The fourth-order valence-electron chi connectivity index (χ4n) is 1.98. The number of fused-ring (bicyclic) bond motifs is 1. The van der Waals surface area contributed by atoms with Gasteiger partial charge in [0.2, 0.25) is 10.0 Å². The van der Waals surface area contributed by atoms with Crippen LogP contribution in [0.2, 0.25) is 0 Å². The Labute approximate surface area is 126 Å². The maximum absolute atomic E-state index is 12.5. The lowest BCUT2D eigenvalue weighted by Gasteiger charge is -2.22. The van der Waals surface area contributed by atoms with E-state index in [0.29, 0.717) is 29.0 Å². The van der Waals surface area contributed by atoms with Crippen molar-refractivity contribution < 1.29 is 17.9 Å². The number of hydrogen-bond donors (Lipinski definition) is 1. The van der Waals surface area contributed by atoms with E-state index in [1.807, 2.05) is 0 Å². The van der Waals surface area contributed by atoms with Gasteiger partial charge in [-0.1, -0.05) is 13.8 Å². The number of ether oxygens (including phenoxy) is 1. The van der Waals surface area contributed by atoms with Gasteiger partial charge in [0.05, 0.1) is 5.69 Å². The summed E-state index contributed by atoms with van der Waals surface area (Å²) in [5.74, 6) is 0.0993. The summed E-state index contributed by atoms with van der Waals surface area (Å²) in [6.45, 7) is 4.23. The summed E-state index contributed by atoms with van der Waals surface area (Å²) in [6.07, 6.45) is 0. The zero-order valence-electron chi connectivity index (χ0n) is 11.1. The molecule has 2 rings (SSSR count). The standard InChI is InChI=1S/C12H15BrN2O4S/c1-3-15(4-2)20(17,18)11-6-10-9(5-8(11)13)14-12(16)7-19-10/h5-6H,3-4,7H2,1-2H3,(H,14,16). The number of nitrogens with one attached hydrogen (secondary N) is 1. The molecule has 0 bridgehead atoms. The van der Waals surface area contributed by atoms with Crippen molar-refractivity contribution in [3.8, 4) is 5.75 Å². The molecule has 110 valence electrons. The first-order valence-corrected chi connectivity index (χ1v) is 8.39. The van der Waals surface area contributed by atoms with Crippen LogP contribution in [0.15, 0.2) is 21.5 Å². The number of carbonyl (C=O) groups excluding carboxylic acids is 1. The minimum atomic E-state index is -3.59. The molecule has 1 N–H and O–H groups in total. The fraction of sp³-hybridized carbons (Fsp3) is 0.417. The smallest absolute Gasteiger partial charge is 0.262 e. The van der Waals surface area contributed by atoms with Gasteiger partial charge in [-0.25, -0.2) is 8.42 Å². The van der Waals surface area contributed by atoms with Crippen LogP contribution >= 0.6 is 15.9 Å².